The van der Waals surface area contributed by atoms with Gasteiger partial charge in [0.2, 0.25) is 0 Å². The Morgan fingerprint density at radius 1 is 1.00 bits per heavy atom. The van der Waals surface area contributed by atoms with Crippen molar-refractivity contribution in [3.05, 3.63) is 71.8 Å². The van der Waals surface area contributed by atoms with Crippen LogP contribution in [0.2, 0.25) is 0 Å². The van der Waals surface area contributed by atoms with E-state index < -0.39 is 5.91 Å². The summed E-state index contributed by atoms with van der Waals surface area (Å²) in [5, 5.41) is 14.3. The van der Waals surface area contributed by atoms with Crippen LogP contribution in [0.25, 0.3) is 16.8 Å². The number of rotatable bonds is 3. The Bertz CT molecular complexity index is 1090. The lowest BCUT2D eigenvalue weighted by Crippen LogP contribution is -2.16. The maximum atomic E-state index is 12.7. The third kappa shape index (κ3) is 3.33. The van der Waals surface area contributed by atoms with Crippen LogP contribution in [0.3, 0.4) is 0 Å². The van der Waals surface area contributed by atoms with Crippen LogP contribution in [0.4, 0.5) is 5.69 Å². The first-order chi connectivity index (χ1) is 13.3. The van der Waals surface area contributed by atoms with Crippen LogP contribution in [-0.2, 0) is 4.79 Å². The largest absolute Gasteiger partial charge is 0.486 e. The van der Waals surface area contributed by atoms with E-state index >= 15 is 0 Å². The van der Waals surface area contributed by atoms with E-state index in [1.165, 1.54) is 6.08 Å². The van der Waals surface area contributed by atoms with E-state index in [-0.39, 0.29) is 5.57 Å². The number of carbonyl (C=O) groups excluding carboxylic acids is 1. The van der Waals surface area contributed by atoms with Crippen LogP contribution in [0, 0.1) is 11.3 Å². The van der Waals surface area contributed by atoms with Crippen molar-refractivity contribution in [2.24, 2.45) is 0 Å². The molecular formula is C22H16N2O3. The third-order valence-electron chi connectivity index (χ3n) is 4.30. The number of para-hydroxylation sites is 1. The Labute approximate surface area is 156 Å². The molecule has 0 aromatic heterocycles. The van der Waals surface area contributed by atoms with Gasteiger partial charge in [-0.15, -0.1) is 0 Å². The van der Waals surface area contributed by atoms with E-state index in [2.05, 4.69) is 5.32 Å². The number of benzene rings is 3. The van der Waals surface area contributed by atoms with Crippen LogP contribution < -0.4 is 14.8 Å². The van der Waals surface area contributed by atoms with Crippen molar-refractivity contribution in [1.29, 1.82) is 5.26 Å². The molecule has 0 radical (unpaired) electrons. The summed E-state index contributed by atoms with van der Waals surface area (Å²) in [5.74, 6) is 0.694. The molecule has 0 unspecified atom stereocenters. The van der Waals surface area contributed by atoms with Gasteiger partial charge in [0.15, 0.2) is 11.5 Å². The highest BCUT2D eigenvalue weighted by molar-refractivity contribution is 6.13. The van der Waals surface area contributed by atoms with Crippen molar-refractivity contribution >= 4 is 28.4 Å². The fourth-order valence-corrected chi connectivity index (χ4v) is 3.04. The first-order valence-corrected chi connectivity index (χ1v) is 8.56. The summed E-state index contributed by atoms with van der Waals surface area (Å²) < 4.78 is 11.2. The first-order valence-electron chi connectivity index (χ1n) is 8.56. The zero-order valence-electron chi connectivity index (χ0n) is 14.4. The molecule has 1 aliphatic rings. The molecule has 5 nitrogen and oxygen atoms in total. The molecule has 27 heavy (non-hydrogen) atoms. The van der Waals surface area contributed by atoms with Gasteiger partial charge >= 0.3 is 0 Å². The number of fused-ring (bicyclic) bond motifs is 2. The number of carbonyl (C=O) groups is 1. The Balaban J connectivity index is 1.66. The quantitative estimate of drug-likeness (QED) is 0.565. The number of ether oxygens (including phenoxy) is 2. The maximum absolute atomic E-state index is 12.7. The van der Waals surface area contributed by atoms with Gasteiger partial charge in [0, 0.05) is 16.6 Å². The fourth-order valence-electron chi connectivity index (χ4n) is 3.04. The minimum absolute atomic E-state index is 0.00879. The molecule has 3 aromatic rings. The Morgan fingerprint density at radius 2 is 1.78 bits per heavy atom. The van der Waals surface area contributed by atoms with Gasteiger partial charge in [0.1, 0.15) is 24.9 Å². The summed E-state index contributed by atoms with van der Waals surface area (Å²) in [4.78, 5) is 12.7. The second-order valence-corrected chi connectivity index (χ2v) is 6.02. The summed E-state index contributed by atoms with van der Waals surface area (Å²) in [6.45, 7) is 0.911. The molecule has 4 rings (SSSR count). The van der Waals surface area contributed by atoms with E-state index in [0.717, 1.165) is 10.8 Å². The number of hydrogen-bond acceptors (Lipinski definition) is 4. The predicted molar refractivity (Wildman–Crippen MR) is 104 cm³/mol. The lowest BCUT2D eigenvalue weighted by atomic mass is 10.1. The molecule has 1 heterocycles. The molecule has 1 amide bonds. The molecule has 0 spiro atoms. The highest BCUT2D eigenvalue weighted by Crippen LogP contribution is 2.35. The number of nitrogens with one attached hydrogen (secondary N) is 1. The molecule has 3 aromatic carbocycles. The van der Waals surface area contributed by atoms with Gasteiger partial charge in [0.05, 0.1) is 0 Å². The number of nitriles is 1. The van der Waals surface area contributed by atoms with Crippen molar-refractivity contribution < 1.29 is 14.3 Å². The summed E-state index contributed by atoms with van der Waals surface area (Å²) in [5.41, 5.74) is 1.29. The molecule has 1 aliphatic heterocycles. The molecule has 0 bridgehead atoms. The number of amides is 1. The van der Waals surface area contributed by atoms with Crippen LogP contribution in [0.15, 0.2) is 66.2 Å². The summed E-state index contributed by atoms with van der Waals surface area (Å²) in [6, 6.07) is 20.8. The van der Waals surface area contributed by atoms with E-state index in [1.807, 2.05) is 48.5 Å². The summed E-state index contributed by atoms with van der Waals surface area (Å²) in [6.07, 6.45) is 1.52. The lowest BCUT2D eigenvalue weighted by molar-refractivity contribution is -0.112. The minimum Gasteiger partial charge on any atom is -0.486 e. The van der Waals surface area contributed by atoms with Crippen LogP contribution in [0.1, 0.15) is 5.56 Å². The molecule has 132 valence electrons. The number of anilines is 1. The average Bonchev–Trinajstić information content (AvgIpc) is 2.72. The second kappa shape index (κ2) is 7.22. The average molecular weight is 356 g/mol. The van der Waals surface area contributed by atoms with E-state index in [4.69, 9.17) is 9.47 Å². The number of nitrogens with zero attached hydrogens (tertiary/aromatic N) is 1. The van der Waals surface area contributed by atoms with E-state index in [0.29, 0.717) is 36.0 Å². The zero-order chi connectivity index (χ0) is 18.6. The standard InChI is InChI=1S/C22H16N2O3/c23-14-17(13-16-7-4-10-20-21(16)27-12-11-26-20)22(25)24-19-9-3-6-15-5-1-2-8-18(15)19/h1-10,13H,11-12H2,(H,24,25)/b17-13-. The summed E-state index contributed by atoms with van der Waals surface area (Å²) >= 11 is 0. The molecule has 0 fully saturated rings. The third-order valence-corrected chi connectivity index (χ3v) is 4.30. The Kier molecular flexibility index (Phi) is 4.46. The molecule has 0 atom stereocenters. The van der Waals surface area contributed by atoms with Crippen LogP contribution in [0.5, 0.6) is 11.5 Å². The SMILES string of the molecule is N#C/C(=C/c1cccc2c1OCCO2)C(=O)Nc1cccc2ccccc12. The molecule has 5 heteroatoms. The van der Waals surface area contributed by atoms with E-state index in [9.17, 15) is 10.1 Å². The lowest BCUT2D eigenvalue weighted by Gasteiger charge is -2.19. The van der Waals surface area contributed by atoms with Crippen molar-refractivity contribution in [3.63, 3.8) is 0 Å². The molecule has 0 saturated heterocycles. The monoisotopic (exact) mass is 356 g/mol. The second-order valence-electron chi connectivity index (χ2n) is 6.02. The van der Waals surface area contributed by atoms with Crippen LogP contribution in [-0.4, -0.2) is 19.1 Å². The van der Waals surface area contributed by atoms with Gasteiger partial charge in [0.25, 0.3) is 5.91 Å². The molecule has 1 N–H and O–H groups in total. The molecule has 0 saturated carbocycles. The highest BCUT2D eigenvalue weighted by atomic mass is 16.6. The first kappa shape index (κ1) is 16.7. The van der Waals surface area contributed by atoms with Gasteiger partial charge in [-0.3, -0.25) is 4.79 Å². The van der Waals surface area contributed by atoms with Gasteiger partial charge in [-0.1, -0.05) is 48.5 Å². The normalized spacial score (nSPS) is 13.1. The maximum Gasteiger partial charge on any atom is 0.266 e. The zero-order valence-corrected chi connectivity index (χ0v) is 14.4. The fraction of sp³-hybridized carbons (Fsp3) is 0.0909. The van der Waals surface area contributed by atoms with Crippen molar-refractivity contribution in [3.8, 4) is 17.6 Å². The van der Waals surface area contributed by atoms with Crippen LogP contribution >= 0.6 is 0 Å². The summed E-state index contributed by atoms with van der Waals surface area (Å²) in [7, 11) is 0. The van der Waals surface area contributed by atoms with E-state index in [1.54, 1.807) is 18.2 Å². The van der Waals surface area contributed by atoms with Gasteiger partial charge in [-0.2, -0.15) is 5.26 Å². The number of hydrogen-bond donors (Lipinski definition) is 1. The Hall–Kier alpha value is -3.78. The van der Waals surface area contributed by atoms with Crippen molar-refractivity contribution in [1.82, 2.24) is 0 Å². The molecule has 0 aliphatic carbocycles. The highest BCUT2D eigenvalue weighted by Gasteiger charge is 2.17. The van der Waals surface area contributed by atoms with Crippen molar-refractivity contribution in [2.45, 2.75) is 0 Å². The van der Waals surface area contributed by atoms with Gasteiger partial charge in [-0.25, -0.2) is 0 Å². The Morgan fingerprint density at radius 3 is 2.67 bits per heavy atom. The smallest absolute Gasteiger partial charge is 0.266 e. The minimum atomic E-state index is -0.469. The van der Waals surface area contributed by atoms with Gasteiger partial charge < -0.3 is 14.8 Å². The molecular weight excluding hydrogens is 340 g/mol. The van der Waals surface area contributed by atoms with Gasteiger partial charge in [-0.05, 0) is 23.6 Å². The predicted octanol–water partition coefficient (Wildman–Crippen LogP) is 4.16. The topological polar surface area (TPSA) is 71.3 Å². The van der Waals surface area contributed by atoms with Crippen molar-refractivity contribution in [2.75, 3.05) is 18.5 Å².